The zero-order valence-corrected chi connectivity index (χ0v) is 29.4. The minimum Gasteiger partial charge on any atom is -1.00 e. The number of halogens is 4. The van der Waals surface area contributed by atoms with Gasteiger partial charge in [0, 0.05) is 42.1 Å². The van der Waals surface area contributed by atoms with E-state index in [1.165, 1.54) is 0 Å². The smallest absolute Gasteiger partial charge is 0.248 e. The Morgan fingerprint density at radius 1 is 0.543 bits per heavy atom. The van der Waals surface area contributed by atoms with E-state index >= 15 is 0 Å². The van der Waals surface area contributed by atoms with Crippen LogP contribution in [0, 0.1) is 0 Å². The molecule has 0 saturated heterocycles. The highest BCUT2D eigenvalue weighted by atomic mass is 79.9. The van der Waals surface area contributed by atoms with Crippen molar-refractivity contribution < 1.29 is 44.4 Å². The van der Waals surface area contributed by atoms with Crippen LogP contribution in [-0.2, 0) is 13.1 Å². The molecule has 0 aliphatic carbocycles. The lowest BCUT2D eigenvalue weighted by molar-refractivity contribution is -0.756. The monoisotopic (exact) mass is 786 g/mol. The first-order valence-electron chi connectivity index (χ1n) is 14.3. The third-order valence-corrected chi connectivity index (χ3v) is 8.31. The average Bonchev–Trinajstić information content (AvgIpc) is 3.74. The second-order valence-electron chi connectivity index (χ2n) is 10.4. The Bertz CT molecular complexity index is 1590. The molecule has 2 heterocycles. The maximum atomic E-state index is 9.64. The number of aliphatic hydroxyl groups is 2. The largest absolute Gasteiger partial charge is 1.00 e. The van der Waals surface area contributed by atoms with E-state index < -0.39 is 0 Å². The molecule has 0 aliphatic rings. The van der Waals surface area contributed by atoms with E-state index in [9.17, 15) is 10.2 Å². The summed E-state index contributed by atoms with van der Waals surface area (Å²) in [5, 5.41) is 34.0. The summed E-state index contributed by atoms with van der Waals surface area (Å²) in [4.78, 5) is 0. The molecule has 0 radical (unpaired) electrons. The van der Waals surface area contributed by atoms with Gasteiger partial charge in [0.1, 0.15) is 13.1 Å². The Morgan fingerprint density at radius 2 is 0.891 bits per heavy atom. The van der Waals surface area contributed by atoms with Crippen molar-refractivity contribution in [1.29, 1.82) is 0 Å². The van der Waals surface area contributed by atoms with Gasteiger partial charge in [-0.3, -0.25) is 0 Å². The zero-order chi connectivity index (χ0) is 30.7. The fourth-order valence-electron chi connectivity index (χ4n) is 4.82. The molecule has 2 aromatic heterocycles. The standard InChI is InChI=1S/2C17H16BrN3O.2ClH/c2*18-16-8-6-14(7-9-16)17-11-21(20-19-17)10-15(12-22)13-4-2-1-3-5-13;;/h2*1-9,11,15,22H,10,12H2;2*1H/t2*15-;;/m00../s1. The molecule has 4 N–H and O–H groups in total. The molecular weight excluding hydrogens is 755 g/mol. The molecule has 240 valence electrons. The van der Waals surface area contributed by atoms with Crippen molar-refractivity contribution in [3.8, 4) is 22.5 Å². The van der Waals surface area contributed by atoms with Gasteiger partial charge >= 0.3 is 0 Å². The van der Waals surface area contributed by atoms with Crippen LogP contribution in [0.15, 0.2) is 131 Å². The Balaban J connectivity index is 0.000000240. The van der Waals surface area contributed by atoms with E-state index in [2.05, 4.69) is 52.5 Å². The molecule has 0 bridgehead atoms. The molecule has 0 unspecified atom stereocenters. The van der Waals surface area contributed by atoms with Crippen molar-refractivity contribution in [1.82, 2.24) is 20.6 Å². The minimum atomic E-state index is 0. The second-order valence-corrected chi connectivity index (χ2v) is 12.2. The first kappa shape index (κ1) is 37.1. The van der Waals surface area contributed by atoms with Crippen LogP contribution in [0.5, 0.6) is 0 Å². The molecular formula is C34H34Br2Cl2N6O2. The van der Waals surface area contributed by atoms with E-state index in [1.54, 1.807) is 0 Å². The van der Waals surface area contributed by atoms with Gasteiger partial charge in [0.05, 0.1) is 13.2 Å². The Morgan fingerprint density at radius 3 is 1.22 bits per heavy atom. The van der Waals surface area contributed by atoms with E-state index in [-0.39, 0.29) is 49.9 Å². The maximum Gasteiger partial charge on any atom is 0.248 e. The molecule has 8 nitrogen and oxygen atoms in total. The normalized spacial score (nSPS) is 11.7. The highest BCUT2D eigenvalue weighted by Gasteiger charge is 2.19. The first-order valence-corrected chi connectivity index (χ1v) is 15.8. The van der Waals surface area contributed by atoms with Crippen LogP contribution < -0.4 is 34.2 Å². The van der Waals surface area contributed by atoms with Crippen LogP contribution in [-0.4, -0.2) is 44.1 Å². The Labute approximate surface area is 297 Å². The minimum absolute atomic E-state index is 0. The van der Waals surface area contributed by atoms with Gasteiger partial charge in [0.2, 0.25) is 11.4 Å². The number of aliphatic hydroxyl groups excluding tert-OH is 2. The van der Waals surface area contributed by atoms with Crippen LogP contribution in [0.25, 0.3) is 22.5 Å². The number of aromatic nitrogens is 6. The number of aromatic amines is 2. The van der Waals surface area contributed by atoms with Crippen molar-refractivity contribution in [2.45, 2.75) is 24.9 Å². The molecule has 2 atom stereocenters. The van der Waals surface area contributed by atoms with Crippen molar-refractivity contribution in [2.24, 2.45) is 0 Å². The van der Waals surface area contributed by atoms with Crippen molar-refractivity contribution >= 4 is 31.9 Å². The van der Waals surface area contributed by atoms with E-state index in [1.807, 2.05) is 131 Å². The summed E-state index contributed by atoms with van der Waals surface area (Å²) in [6.45, 7) is 1.52. The number of H-pyrrole nitrogens is 2. The molecule has 6 aromatic rings. The molecule has 46 heavy (non-hydrogen) atoms. The number of hydrogen-bond acceptors (Lipinski definition) is 4. The topological polar surface area (TPSA) is 106 Å². The van der Waals surface area contributed by atoms with Crippen LogP contribution in [0.2, 0.25) is 0 Å². The molecule has 0 spiro atoms. The van der Waals surface area contributed by atoms with Gasteiger partial charge in [-0.15, -0.1) is 0 Å². The van der Waals surface area contributed by atoms with E-state index in [0.29, 0.717) is 13.1 Å². The molecule has 0 amide bonds. The number of hydrogen-bond donors (Lipinski definition) is 4. The van der Waals surface area contributed by atoms with Crippen molar-refractivity contribution in [3.05, 3.63) is 142 Å². The lowest BCUT2D eigenvalue weighted by Gasteiger charge is -2.11. The second kappa shape index (κ2) is 18.7. The summed E-state index contributed by atoms with van der Waals surface area (Å²) >= 11 is 6.86. The summed E-state index contributed by atoms with van der Waals surface area (Å²) in [5.74, 6) is 0.0915. The quantitative estimate of drug-likeness (QED) is 0.145. The molecule has 6 rings (SSSR count). The highest BCUT2D eigenvalue weighted by Crippen LogP contribution is 2.21. The highest BCUT2D eigenvalue weighted by molar-refractivity contribution is 9.10. The molecule has 4 aromatic carbocycles. The van der Waals surface area contributed by atoms with Gasteiger partial charge in [-0.1, -0.05) is 103 Å². The fraction of sp³-hybridized carbons (Fsp3) is 0.176. The van der Waals surface area contributed by atoms with Gasteiger partial charge in [0.25, 0.3) is 0 Å². The van der Waals surface area contributed by atoms with Gasteiger partial charge < -0.3 is 35.0 Å². The zero-order valence-electron chi connectivity index (χ0n) is 24.7. The summed E-state index contributed by atoms with van der Waals surface area (Å²) < 4.78 is 5.91. The van der Waals surface area contributed by atoms with Crippen LogP contribution in [0.3, 0.4) is 0 Å². The number of nitrogens with one attached hydrogen (secondary N) is 2. The van der Waals surface area contributed by atoms with Crippen molar-refractivity contribution in [3.63, 3.8) is 0 Å². The van der Waals surface area contributed by atoms with Gasteiger partial charge in [-0.25, -0.2) is 0 Å². The summed E-state index contributed by atoms with van der Waals surface area (Å²) in [6.07, 6.45) is 3.93. The molecule has 0 fully saturated rings. The maximum absolute atomic E-state index is 9.64. The Kier molecular flexibility index (Phi) is 15.1. The summed E-state index contributed by atoms with van der Waals surface area (Å²) in [7, 11) is 0. The Hall–Kier alpha value is -3.38. The van der Waals surface area contributed by atoms with E-state index in [0.717, 1.165) is 42.6 Å². The van der Waals surface area contributed by atoms with Gasteiger partial charge in [-0.2, -0.15) is 9.36 Å². The number of benzene rings is 4. The predicted molar refractivity (Wildman–Crippen MR) is 176 cm³/mol. The third-order valence-electron chi connectivity index (χ3n) is 7.25. The van der Waals surface area contributed by atoms with E-state index in [4.69, 9.17) is 0 Å². The van der Waals surface area contributed by atoms with Crippen LogP contribution >= 0.6 is 31.9 Å². The molecule has 0 aliphatic heterocycles. The fourth-order valence-corrected chi connectivity index (χ4v) is 5.34. The molecule has 0 saturated carbocycles. The summed E-state index contributed by atoms with van der Waals surface area (Å²) in [6, 6.07) is 36.1. The number of rotatable bonds is 10. The number of nitrogens with zero attached hydrogens (tertiary/aromatic N) is 4. The van der Waals surface area contributed by atoms with Gasteiger partial charge in [-0.05, 0) is 59.7 Å². The SMILES string of the molecule is OC[C@H](C[n+]1cc(-c2ccc(Br)cc2)n[nH]1)c1ccccc1.OC[C@H](C[n+]1cc(-c2ccc(Br)cc2)n[nH]1)c1ccccc1.[Cl-].[Cl-]. The lowest BCUT2D eigenvalue weighted by Crippen LogP contribution is -3.00. The average molecular weight is 789 g/mol. The predicted octanol–water partition coefficient (Wildman–Crippen LogP) is -0.186. The third kappa shape index (κ3) is 10.3. The van der Waals surface area contributed by atoms with Crippen LogP contribution in [0.4, 0.5) is 0 Å². The lowest BCUT2D eigenvalue weighted by atomic mass is 10.0. The summed E-state index contributed by atoms with van der Waals surface area (Å²) in [5.41, 5.74) is 6.13. The van der Waals surface area contributed by atoms with Crippen molar-refractivity contribution in [2.75, 3.05) is 13.2 Å². The van der Waals surface area contributed by atoms with Gasteiger partial charge in [0.15, 0.2) is 12.4 Å². The molecule has 12 heteroatoms. The first-order chi connectivity index (χ1) is 21.5. The van der Waals surface area contributed by atoms with Crippen LogP contribution in [0.1, 0.15) is 23.0 Å².